The van der Waals surface area contributed by atoms with Crippen LogP contribution in [-0.4, -0.2) is 38.2 Å². The smallest absolute Gasteiger partial charge is 0.337 e. The van der Waals surface area contributed by atoms with Crippen molar-refractivity contribution in [2.45, 2.75) is 18.9 Å². The molecule has 7 nitrogen and oxygen atoms in total. The predicted molar refractivity (Wildman–Crippen MR) is 87.1 cm³/mol. The van der Waals surface area contributed by atoms with Crippen molar-refractivity contribution < 1.29 is 19.1 Å². The summed E-state index contributed by atoms with van der Waals surface area (Å²) >= 11 is 0. The zero-order valence-electron chi connectivity index (χ0n) is 13.4. The van der Waals surface area contributed by atoms with E-state index in [4.69, 9.17) is 10.00 Å². The quantitative estimate of drug-likeness (QED) is 0.467. The monoisotopic (exact) mass is 329 g/mol. The van der Waals surface area contributed by atoms with Gasteiger partial charge in [0.2, 0.25) is 0 Å². The van der Waals surface area contributed by atoms with Crippen molar-refractivity contribution in [1.82, 2.24) is 5.32 Å². The molecule has 7 heteroatoms. The Balaban J connectivity index is 1.96. The predicted octanol–water partition coefficient (Wildman–Crippen LogP) is 1.59. The Morgan fingerprint density at radius 2 is 2.33 bits per heavy atom. The lowest BCUT2D eigenvalue weighted by molar-refractivity contribution is -0.117. The molecule has 24 heavy (non-hydrogen) atoms. The number of anilines is 1. The molecule has 126 valence electrons. The fraction of sp³-hybridized carbons (Fsp3) is 0.353. The highest BCUT2D eigenvalue weighted by Gasteiger charge is 2.17. The molecule has 1 atom stereocenters. The molecule has 1 amide bonds. The average molecular weight is 329 g/mol. The summed E-state index contributed by atoms with van der Waals surface area (Å²) in [5, 5.41) is 14.6. The number of nitrogens with one attached hydrogen (secondary N) is 2. The SMILES string of the molecule is COC(=O)c1cccc(N/C=C(/C#N)C(=O)NCC2CCCO2)c1. The Labute approximate surface area is 140 Å². The van der Waals surface area contributed by atoms with E-state index in [1.165, 1.54) is 13.3 Å². The molecule has 1 aliphatic heterocycles. The second-order valence-corrected chi connectivity index (χ2v) is 5.23. The lowest BCUT2D eigenvalue weighted by atomic mass is 10.2. The Hall–Kier alpha value is -2.85. The third-order valence-corrected chi connectivity index (χ3v) is 3.55. The number of hydrogen-bond donors (Lipinski definition) is 2. The first-order valence-electron chi connectivity index (χ1n) is 7.59. The molecule has 1 aromatic rings. The number of methoxy groups -OCH3 is 1. The second kappa shape index (κ2) is 8.70. The highest BCUT2D eigenvalue weighted by molar-refractivity contribution is 5.97. The van der Waals surface area contributed by atoms with Crippen LogP contribution < -0.4 is 10.6 Å². The Kier molecular flexibility index (Phi) is 6.34. The molecular weight excluding hydrogens is 310 g/mol. The van der Waals surface area contributed by atoms with Crippen molar-refractivity contribution in [3.8, 4) is 6.07 Å². The van der Waals surface area contributed by atoms with Gasteiger partial charge >= 0.3 is 5.97 Å². The average Bonchev–Trinajstić information content (AvgIpc) is 3.13. The maximum Gasteiger partial charge on any atom is 0.337 e. The lowest BCUT2D eigenvalue weighted by Crippen LogP contribution is -2.32. The standard InChI is InChI=1S/C17H19N3O4/c1-23-17(22)12-4-2-5-14(8-12)19-10-13(9-18)16(21)20-11-15-6-3-7-24-15/h2,4-5,8,10,15,19H,3,6-7,11H2,1H3,(H,20,21)/b13-10-. The lowest BCUT2D eigenvalue weighted by Gasteiger charge is -2.10. The molecule has 2 N–H and O–H groups in total. The van der Waals surface area contributed by atoms with Gasteiger partial charge in [-0.3, -0.25) is 4.79 Å². The number of hydrogen-bond acceptors (Lipinski definition) is 6. The first-order chi connectivity index (χ1) is 11.6. The molecule has 0 aromatic heterocycles. The molecule has 0 radical (unpaired) electrons. The fourth-order valence-electron chi connectivity index (χ4n) is 2.26. The number of esters is 1. The third-order valence-electron chi connectivity index (χ3n) is 3.55. The van der Waals surface area contributed by atoms with Gasteiger partial charge in [0.05, 0.1) is 18.8 Å². The molecule has 0 aliphatic carbocycles. The van der Waals surface area contributed by atoms with E-state index in [0.717, 1.165) is 12.8 Å². The molecule has 2 rings (SSSR count). The Bertz CT molecular complexity index is 673. The third kappa shape index (κ3) is 4.83. The number of carbonyl (C=O) groups excluding carboxylic acids is 2. The van der Waals surface area contributed by atoms with Crippen molar-refractivity contribution in [3.05, 3.63) is 41.6 Å². The van der Waals surface area contributed by atoms with E-state index in [2.05, 4.69) is 15.4 Å². The van der Waals surface area contributed by atoms with E-state index in [1.54, 1.807) is 24.3 Å². The summed E-state index contributed by atoms with van der Waals surface area (Å²) in [5.41, 5.74) is 0.881. The number of nitriles is 1. The summed E-state index contributed by atoms with van der Waals surface area (Å²) in [6.07, 6.45) is 3.21. The largest absolute Gasteiger partial charge is 0.465 e. The van der Waals surface area contributed by atoms with Crippen LogP contribution in [0.1, 0.15) is 23.2 Å². The summed E-state index contributed by atoms with van der Waals surface area (Å²) in [7, 11) is 1.30. The first-order valence-corrected chi connectivity index (χ1v) is 7.59. The summed E-state index contributed by atoms with van der Waals surface area (Å²) in [5.74, 6) is -0.929. The van der Waals surface area contributed by atoms with Gasteiger partial charge in [-0.25, -0.2) is 4.79 Å². The summed E-state index contributed by atoms with van der Waals surface area (Å²) in [6.45, 7) is 1.09. The molecule has 1 saturated heterocycles. The molecule has 0 bridgehead atoms. The summed E-state index contributed by atoms with van der Waals surface area (Å²) in [6, 6.07) is 8.42. The number of carbonyl (C=O) groups is 2. The van der Waals surface area contributed by atoms with Gasteiger partial charge in [0.1, 0.15) is 11.6 Å². The van der Waals surface area contributed by atoms with Crippen molar-refractivity contribution in [2.75, 3.05) is 25.6 Å². The number of rotatable bonds is 6. The van der Waals surface area contributed by atoms with Gasteiger partial charge < -0.3 is 20.1 Å². The highest BCUT2D eigenvalue weighted by atomic mass is 16.5. The van der Waals surface area contributed by atoms with Crippen LogP contribution >= 0.6 is 0 Å². The highest BCUT2D eigenvalue weighted by Crippen LogP contribution is 2.13. The van der Waals surface area contributed by atoms with E-state index < -0.39 is 11.9 Å². The van der Waals surface area contributed by atoms with Crippen molar-refractivity contribution in [1.29, 1.82) is 5.26 Å². The van der Waals surface area contributed by atoms with Crippen molar-refractivity contribution >= 4 is 17.6 Å². The molecule has 1 unspecified atom stereocenters. The molecule has 1 aromatic carbocycles. The Morgan fingerprint density at radius 3 is 3.00 bits per heavy atom. The van der Waals surface area contributed by atoms with Gasteiger partial charge in [-0.1, -0.05) is 6.07 Å². The van der Waals surface area contributed by atoms with E-state index in [9.17, 15) is 9.59 Å². The fourth-order valence-corrected chi connectivity index (χ4v) is 2.26. The molecule has 0 saturated carbocycles. The van der Waals surface area contributed by atoms with Gasteiger partial charge in [-0.05, 0) is 31.0 Å². The Morgan fingerprint density at radius 1 is 1.50 bits per heavy atom. The first kappa shape index (κ1) is 17.5. The van der Waals surface area contributed by atoms with Gasteiger partial charge in [-0.2, -0.15) is 5.26 Å². The molecule has 1 heterocycles. The van der Waals surface area contributed by atoms with E-state index in [1.807, 2.05) is 6.07 Å². The van der Waals surface area contributed by atoms with Crippen molar-refractivity contribution in [2.24, 2.45) is 0 Å². The normalized spacial score (nSPS) is 17.0. The number of ether oxygens (including phenoxy) is 2. The van der Waals surface area contributed by atoms with E-state index in [0.29, 0.717) is 24.4 Å². The van der Waals surface area contributed by atoms with Crippen LogP contribution in [-0.2, 0) is 14.3 Å². The minimum absolute atomic E-state index is 0.0126. The van der Waals surface area contributed by atoms with Gasteiger partial charge in [0.15, 0.2) is 0 Å². The maximum absolute atomic E-state index is 12.0. The van der Waals surface area contributed by atoms with Crippen LogP contribution in [0, 0.1) is 11.3 Å². The van der Waals surface area contributed by atoms with Crippen molar-refractivity contribution in [3.63, 3.8) is 0 Å². The molecule has 1 fully saturated rings. The topological polar surface area (TPSA) is 100 Å². The summed E-state index contributed by atoms with van der Waals surface area (Å²) in [4.78, 5) is 23.5. The zero-order chi connectivity index (χ0) is 17.4. The summed E-state index contributed by atoms with van der Waals surface area (Å²) < 4.78 is 10.1. The second-order valence-electron chi connectivity index (χ2n) is 5.23. The van der Waals surface area contributed by atoms with Crippen LogP contribution in [0.3, 0.4) is 0 Å². The van der Waals surface area contributed by atoms with Crippen LogP contribution in [0.15, 0.2) is 36.0 Å². The zero-order valence-corrected chi connectivity index (χ0v) is 13.4. The van der Waals surface area contributed by atoms with Gasteiger partial charge in [0.25, 0.3) is 5.91 Å². The molecule has 1 aliphatic rings. The molecular formula is C17H19N3O4. The van der Waals surface area contributed by atoms with Gasteiger partial charge in [-0.15, -0.1) is 0 Å². The van der Waals surface area contributed by atoms with E-state index >= 15 is 0 Å². The minimum atomic E-state index is -0.468. The maximum atomic E-state index is 12.0. The number of nitrogens with zero attached hydrogens (tertiary/aromatic N) is 1. The van der Waals surface area contributed by atoms with Gasteiger partial charge in [0, 0.05) is 25.0 Å². The minimum Gasteiger partial charge on any atom is -0.465 e. The van der Waals surface area contributed by atoms with Crippen LogP contribution in [0.4, 0.5) is 5.69 Å². The van der Waals surface area contributed by atoms with Crippen LogP contribution in [0.2, 0.25) is 0 Å². The molecule has 0 spiro atoms. The number of benzene rings is 1. The van der Waals surface area contributed by atoms with Crippen LogP contribution in [0.25, 0.3) is 0 Å². The van der Waals surface area contributed by atoms with Crippen LogP contribution in [0.5, 0.6) is 0 Å². The van der Waals surface area contributed by atoms with E-state index in [-0.39, 0.29) is 11.7 Å². The number of amides is 1.